The molecule has 0 saturated carbocycles. The number of sulfonamides is 1. The molecule has 1 aromatic rings. The molecule has 21 heavy (non-hydrogen) atoms. The van der Waals surface area contributed by atoms with E-state index in [1.807, 2.05) is 0 Å². The number of carbonyl (C=O) groups is 1. The number of carboxylic acids is 1. The van der Waals surface area contributed by atoms with Crippen LogP contribution in [0.2, 0.25) is 0 Å². The summed E-state index contributed by atoms with van der Waals surface area (Å²) in [6.45, 7) is 2.87. The lowest BCUT2D eigenvalue weighted by molar-refractivity contribution is -0.137. The van der Waals surface area contributed by atoms with Gasteiger partial charge in [-0.25, -0.2) is 17.2 Å². The number of nitrogens with zero attached hydrogens (tertiary/aromatic N) is 1. The first kappa shape index (κ1) is 18.0. The Labute approximate surface area is 129 Å². The first-order valence-electron chi connectivity index (χ1n) is 5.99. The van der Waals surface area contributed by atoms with E-state index in [1.165, 1.54) is 13.8 Å². The van der Waals surface area contributed by atoms with Crippen molar-refractivity contribution in [3.8, 4) is 0 Å². The highest BCUT2D eigenvalue weighted by Gasteiger charge is 2.33. The van der Waals surface area contributed by atoms with E-state index in [4.69, 9.17) is 5.11 Å². The summed E-state index contributed by atoms with van der Waals surface area (Å²) in [4.78, 5) is 10.0. The molecular formula is C12H14BrF2NO4S. The molecular weight excluding hydrogens is 372 g/mol. The van der Waals surface area contributed by atoms with E-state index in [2.05, 4.69) is 15.9 Å². The quantitative estimate of drug-likeness (QED) is 0.816. The van der Waals surface area contributed by atoms with Crippen LogP contribution in [0, 0.1) is 11.6 Å². The van der Waals surface area contributed by atoms with Gasteiger partial charge in [-0.3, -0.25) is 4.79 Å². The molecule has 0 amide bonds. The summed E-state index contributed by atoms with van der Waals surface area (Å²) in [6.07, 6.45) is -0.423. The predicted molar refractivity (Wildman–Crippen MR) is 75.3 cm³/mol. The van der Waals surface area contributed by atoms with E-state index in [-0.39, 0.29) is 11.0 Å². The maximum absolute atomic E-state index is 13.8. The van der Waals surface area contributed by atoms with Crippen molar-refractivity contribution < 1.29 is 27.1 Å². The molecule has 0 aliphatic rings. The Bertz CT molecular complexity index is 628. The summed E-state index contributed by atoms with van der Waals surface area (Å²) in [5, 5.41) is 8.76. The molecule has 1 rings (SSSR count). The predicted octanol–water partition coefficient (Wildman–Crippen LogP) is 2.60. The number of rotatable bonds is 6. The zero-order valence-corrected chi connectivity index (χ0v) is 13.7. The molecule has 0 fully saturated rings. The van der Waals surface area contributed by atoms with Crippen LogP contribution in [0.25, 0.3) is 0 Å². The molecule has 1 aromatic carbocycles. The average Bonchev–Trinajstić information content (AvgIpc) is 2.25. The van der Waals surface area contributed by atoms with Crippen molar-refractivity contribution in [1.29, 1.82) is 0 Å². The summed E-state index contributed by atoms with van der Waals surface area (Å²) >= 11 is 2.83. The van der Waals surface area contributed by atoms with E-state index in [0.717, 1.165) is 10.4 Å². The van der Waals surface area contributed by atoms with Crippen LogP contribution in [0.5, 0.6) is 0 Å². The average molecular weight is 386 g/mol. The van der Waals surface area contributed by atoms with Crippen LogP contribution in [0.1, 0.15) is 20.3 Å². The van der Waals surface area contributed by atoms with Gasteiger partial charge in [-0.2, -0.15) is 4.31 Å². The highest BCUT2D eigenvalue weighted by atomic mass is 79.9. The third kappa shape index (κ3) is 3.98. The summed E-state index contributed by atoms with van der Waals surface area (Å²) in [5.74, 6) is -3.32. The molecule has 5 nitrogen and oxygen atoms in total. The number of carboxylic acid groups (broad SMARTS) is 1. The molecule has 0 radical (unpaired) electrons. The molecule has 118 valence electrons. The van der Waals surface area contributed by atoms with Crippen LogP contribution in [0.15, 0.2) is 21.5 Å². The van der Waals surface area contributed by atoms with Gasteiger partial charge < -0.3 is 5.11 Å². The van der Waals surface area contributed by atoms with Crippen molar-refractivity contribution in [2.24, 2.45) is 0 Å². The molecule has 0 heterocycles. The van der Waals surface area contributed by atoms with Gasteiger partial charge in [0.2, 0.25) is 10.0 Å². The van der Waals surface area contributed by atoms with Gasteiger partial charge in [0.1, 0.15) is 16.5 Å². The smallest absolute Gasteiger partial charge is 0.304 e. The first-order chi connectivity index (χ1) is 9.61. The fourth-order valence-corrected chi connectivity index (χ4v) is 4.72. The standard InChI is InChI=1S/C12H14BrF2NO4S/c1-3-16(7(2)4-11(17)18)21(19,20)12-9(13)5-8(14)6-10(12)15/h5-7H,3-4H2,1-2H3,(H,17,18). The van der Waals surface area contributed by atoms with Crippen molar-refractivity contribution in [2.45, 2.75) is 31.2 Å². The van der Waals surface area contributed by atoms with Crippen molar-refractivity contribution in [2.75, 3.05) is 6.54 Å². The topological polar surface area (TPSA) is 74.7 Å². The lowest BCUT2D eigenvalue weighted by Gasteiger charge is -2.26. The van der Waals surface area contributed by atoms with E-state index in [1.54, 1.807) is 0 Å². The van der Waals surface area contributed by atoms with Gasteiger partial charge in [0.15, 0.2) is 0 Å². The SMILES string of the molecule is CCN(C(C)CC(=O)O)S(=O)(=O)c1c(F)cc(F)cc1Br. The molecule has 1 N–H and O–H groups in total. The fourth-order valence-electron chi connectivity index (χ4n) is 1.97. The van der Waals surface area contributed by atoms with Crippen LogP contribution in [0.3, 0.4) is 0 Å². The molecule has 1 unspecified atom stereocenters. The van der Waals surface area contributed by atoms with Crippen LogP contribution in [-0.2, 0) is 14.8 Å². The second-order valence-corrected chi connectivity index (χ2v) is 7.04. The van der Waals surface area contributed by atoms with Crippen LogP contribution >= 0.6 is 15.9 Å². The Morgan fingerprint density at radius 1 is 1.43 bits per heavy atom. The highest BCUT2D eigenvalue weighted by Crippen LogP contribution is 2.30. The maximum atomic E-state index is 13.8. The van der Waals surface area contributed by atoms with Crippen LogP contribution in [0.4, 0.5) is 8.78 Å². The largest absolute Gasteiger partial charge is 0.481 e. The molecule has 1 atom stereocenters. The van der Waals surface area contributed by atoms with Gasteiger partial charge >= 0.3 is 5.97 Å². The second kappa shape index (κ2) is 6.80. The molecule has 0 spiro atoms. The van der Waals surface area contributed by atoms with Gasteiger partial charge in [-0.15, -0.1) is 0 Å². The highest BCUT2D eigenvalue weighted by molar-refractivity contribution is 9.10. The van der Waals surface area contributed by atoms with Crippen molar-refractivity contribution in [3.63, 3.8) is 0 Å². The minimum atomic E-state index is -4.29. The lowest BCUT2D eigenvalue weighted by atomic mass is 10.2. The normalized spacial score (nSPS) is 13.4. The monoisotopic (exact) mass is 385 g/mol. The van der Waals surface area contributed by atoms with Crippen molar-refractivity contribution >= 4 is 31.9 Å². The number of aliphatic carboxylic acids is 1. The van der Waals surface area contributed by atoms with Crippen molar-refractivity contribution in [1.82, 2.24) is 4.31 Å². The van der Waals surface area contributed by atoms with Gasteiger partial charge in [0.25, 0.3) is 0 Å². The Morgan fingerprint density at radius 3 is 2.43 bits per heavy atom. The van der Waals surface area contributed by atoms with Gasteiger partial charge in [-0.05, 0) is 28.9 Å². The van der Waals surface area contributed by atoms with Crippen molar-refractivity contribution in [3.05, 3.63) is 28.2 Å². The minimum Gasteiger partial charge on any atom is -0.481 e. The summed E-state index contributed by atoms with van der Waals surface area (Å²) in [7, 11) is -4.29. The zero-order valence-electron chi connectivity index (χ0n) is 11.3. The summed E-state index contributed by atoms with van der Waals surface area (Å²) in [5.41, 5.74) is 0. The molecule has 9 heteroatoms. The number of benzene rings is 1. The summed E-state index contributed by atoms with van der Waals surface area (Å²) in [6, 6.07) is 0.438. The molecule has 0 aliphatic heterocycles. The maximum Gasteiger partial charge on any atom is 0.304 e. The van der Waals surface area contributed by atoms with Gasteiger partial charge in [-0.1, -0.05) is 6.92 Å². The molecule has 0 aliphatic carbocycles. The third-order valence-corrected chi connectivity index (χ3v) is 5.86. The second-order valence-electron chi connectivity index (χ2n) is 4.35. The van der Waals surface area contributed by atoms with E-state index in [0.29, 0.717) is 6.07 Å². The Hall–Kier alpha value is -1.06. The summed E-state index contributed by atoms with van der Waals surface area (Å²) < 4.78 is 52.5. The Balaban J connectivity index is 3.35. The van der Waals surface area contributed by atoms with E-state index in [9.17, 15) is 22.0 Å². The Morgan fingerprint density at radius 2 is 2.00 bits per heavy atom. The minimum absolute atomic E-state index is 0.0416. The number of hydrogen-bond acceptors (Lipinski definition) is 3. The number of halogens is 3. The lowest BCUT2D eigenvalue weighted by Crippen LogP contribution is -2.40. The number of hydrogen-bond donors (Lipinski definition) is 1. The van der Waals surface area contributed by atoms with Gasteiger partial charge in [0.05, 0.1) is 6.42 Å². The van der Waals surface area contributed by atoms with Crippen LogP contribution < -0.4 is 0 Å². The Kier molecular flexibility index (Phi) is 5.83. The van der Waals surface area contributed by atoms with Crippen LogP contribution in [-0.4, -0.2) is 36.4 Å². The third-order valence-electron chi connectivity index (χ3n) is 2.80. The van der Waals surface area contributed by atoms with Gasteiger partial charge in [0, 0.05) is 23.1 Å². The molecule has 0 saturated heterocycles. The molecule has 0 aromatic heterocycles. The van der Waals surface area contributed by atoms with E-state index >= 15 is 0 Å². The zero-order chi connectivity index (χ0) is 16.4. The molecule has 0 bridgehead atoms. The van der Waals surface area contributed by atoms with E-state index < -0.39 is 45.0 Å². The fraction of sp³-hybridized carbons (Fsp3) is 0.417. The first-order valence-corrected chi connectivity index (χ1v) is 8.22.